The number of carbonyl (C=O) groups excluding carboxylic acids is 1. The molecule has 4 N–H and O–H groups in total. The van der Waals surface area contributed by atoms with E-state index in [1.807, 2.05) is 18.2 Å². The fraction of sp³-hybridized carbons (Fsp3) is 0.133. The maximum atomic E-state index is 14.4. The summed E-state index contributed by atoms with van der Waals surface area (Å²) in [5, 5.41) is 14.3. The maximum Gasteiger partial charge on any atom is 0.251 e. The Morgan fingerprint density at radius 3 is 2.36 bits per heavy atom. The summed E-state index contributed by atoms with van der Waals surface area (Å²) in [6, 6.07) is 18.4. The van der Waals surface area contributed by atoms with Crippen LogP contribution in [-0.4, -0.2) is 24.1 Å². The van der Waals surface area contributed by atoms with Crippen molar-refractivity contribution in [1.29, 1.82) is 0 Å². The molecule has 0 aromatic heterocycles. The molecule has 0 radical (unpaired) electrons. The first-order valence-electron chi connectivity index (χ1n) is 12.1. The molecule has 9 heteroatoms. The van der Waals surface area contributed by atoms with Crippen LogP contribution in [0, 0.1) is 17.5 Å². The second-order valence-electron chi connectivity index (χ2n) is 9.22. The average Bonchev–Trinajstić information content (AvgIpc) is 2.94. The fourth-order valence-electron chi connectivity index (χ4n) is 4.87. The predicted molar refractivity (Wildman–Crippen MR) is 140 cm³/mol. The molecule has 0 fully saturated rings. The third kappa shape index (κ3) is 5.08. The molecule has 4 aromatic rings. The molecule has 0 spiro atoms. The molecule has 6 nitrogen and oxygen atoms in total. The van der Waals surface area contributed by atoms with Crippen molar-refractivity contribution >= 4 is 11.7 Å². The molecule has 0 saturated carbocycles. The highest BCUT2D eigenvalue weighted by Gasteiger charge is 2.27. The van der Waals surface area contributed by atoms with Gasteiger partial charge in [-0.15, -0.1) is 0 Å². The zero-order chi connectivity index (χ0) is 27.7. The Morgan fingerprint density at radius 1 is 0.949 bits per heavy atom. The van der Waals surface area contributed by atoms with Gasteiger partial charge in [0.05, 0.1) is 0 Å². The molecule has 0 unspecified atom stereocenters. The number of hydrogen-bond acceptors (Lipinski definition) is 4. The number of fused-ring (bicyclic) bond motifs is 2. The zero-order valence-electron chi connectivity index (χ0n) is 20.8. The third-order valence-corrected chi connectivity index (χ3v) is 6.87. The smallest absolute Gasteiger partial charge is 0.251 e. The monoisotopic (exact) mass is 531 g/mol. The van der Waals surface area contributed by atoms with Gasteiger partial charge >= 0.3 is 0 Å². The van der Waals surface area contributed by atoms with E-state index in [2.05, 4.69) is 10.5 Å². The van der Waals surface area contributed by atoms with E-state index in [-0.39, 0.29) is 35.5 Å². The van der Waals surface area contributed by atoms with Crippen LogP contribution in [0.1, 0.15) is 49.8 Å². The topological polar surface area (TPSA) is 96.9 Å². The van der Waals surface area contributed by atoms with E-state index in [4.69, 9.17) is 15.7 Å². The van der Waals surface area contributed by atoms with Crippen LogP contribution in [0.5, 0.6) is 0 Å². The van der Waals surface area contributed by atoms with Gasteiger partial charge in [-0.1, -0.05) is 41.6 Å². The number of ether oxygens (including phenoxy) is 1. The Balaban J connectivity index is 1.38. The number of oxime groups is 1. The van der Waals surface area contributed by atoms with Crippen LogP contribution in [0.15, 0.2) is 78.0 Å². The molecule has 1 aliphatic carbocycles. The van der Waals surface area contributed by atoms with Gasteiger partial charge in [0.1, 0.15) is 23.6 Å². The van der Waals surface area contributed by atoms with Gasteiger partial charge in [-0.3, -0.25) is 4.79 Å². The second kappa shape index (κ2) is 10.6. The van der Waals surface area contributed by atoms with Gasteiger partial charge < -0.3 is 21.0 Å². The summed E-state index contributed by atoms with van der Waals surface area (Å²) in [7, 11) is 1.59. The number of halogens is 3. The highest BCUT2D eigenvalue weighted by Crippen LogP contribution is 2.39. The standard InChI is InChI=1S/C30H24F3N3O3/c1-39-28-24-7-4-16(23-9-6-22(31)14-27(23)33)10-20(24)12-21-11-18(5-8-25(21)28)30(37)35-15-19-3-2-17(13-26(19)32)29(34)36-38/h2-11,13-14,28,38H,12,15H2,1H3,(H2,34,36)(H,35,37)/t28-/m0/s1. The summed E-state index contributed by atoms with van der Waals surface area (Å²) in [4.78, 5) is 12.9. The lowest BCUT2D eigenvalue weighted by Gasteiger charge is -2.28. The molecule has 1 aliphatic rings. The minimum absolute atomic E-state index is 0.0612. The molecule has 5 rings (SSSR count). The maximum absolute atomic E-state index is 14.4. The average molecular weight is 532 g/mol. The first-order valence-corrected chi connectivity index (χ1v) is 12.1. The molecular formula is C30H24F3N3O3. The molecular weight excluding hydrogens is 507 g/mol. The first-order chi connectivity index (χ1) is 18.8. The van der Waals surface area contributed by atoms with Crippen molar-refractivity contribution in [2.75, 3.05) is 7.11 Å². The van der Waals surface area contributed by atoms with E-state index in [1.165, 1.54) is 24.3 Å². The normalized spacial score (nSPS) is 14.5. The number of carbonyl (C=O) groups is 1. The number of rotatable bonds is 6. The van der Waals surface area contributed by atoms with Crippen LogP contribution in [0.3, 0.4) is 0 Å². The van der Waals surface area contributed by atoms with Gasteiger partial charge in [0.2, 0.25) is 0 Å². The molecule has 0 saturated heterocycles. The van der Waals surface area contributed by atoms with Crippen LogP contribution in [0.2, 0.25) is 0 Å². The van der Waals surface area contributed by atoms with Crippen LogP contribution < -0.4 is 11.1 Å². The molecule has 198 valence electrons. The Labute approximate surface area is 222 Å². The Morgan fingerprint density at radius 2 is 1.67 bits per heavy atom. The number of amides is 1. The largest absolute Gasteiger partial charge is 0.409 e. The highest BCUT2D eigenvalue weighted by molar-refractivity contribution is 5.97. The molecule has 1 amide bonds. The van der Waals surface area contributed by atoms with Crippen molar-refractivity contribution in [3.8, 4) is 11.1 Å². The minimum atomic E-state index is -0.649. The lowest BCUT2D eigenvalue weighted by Crippen LogP contribution is -2.24. The molecule has 4 aromatic carbocycles. The number of hydrogen-bond donors (Lipinski definition) is 3. The third-order valence-electron chi connectivity index (χ3n) is 6.87. The van der Waals surface area contributed by atoms with Gasteiger partial charge in [-0.05, 0) is 64.6 Å². The van der Waals surface area contributed by atoms with Crippen LogP contribution in [-0.2, 0) is 17.7 Å². The van der Waals surface area contributed by atoms with Crippen molar-refractivity contribution in [2.45, 2.75) is 19.1 Å². The molecule has 0 aliphatic heterocycles. The number of nitrogens with one attached hydrogen (secondary N) is 1. The van der Waals surface area contributed by atoms with Gasteiger partial charge in [-0.25, -0.2) is 13.2 Å². The highest BCUT2D eigenvalue weighted by atomic mass is 19.1. The van der Waals surface area contributed by atoms with E-state index in [1.54, 1.807) is 25.3 Å². The van der Waals surface area contributed by atoms with Crippen molar-refractivity contribution in [3.63, 3.8) is 0 Å². The van der Waals surface area contributed by atoms with Crippen molar-refractivity contribution in [2.24, 2.45) is 10.9 Å². The van der Waals surface area contributed by atoms with Gasteiger partial charge in [0.15, 0.2) is 5.84 Å². The van der Waals surface area contributed by atoms with E-state index in [9.17, 15) is 18.0 Å². The lowest BCUT2D eigenvalue weighted by atomic mass is 9.81. The summed E-state index contributed by atoms with van der Waals surface area (Å²) in [6.45, 7) is -0.0612. The molecule has 0 heterocycles. The van der Waals surface area contributed by atoms with Crippen LogP contribution in [0.25, 0.3) is 11.1 Å². The summed E-state index contributed by atoms with van der Waals surface area (Å²) < 4.78 is 48.1. The van der Waals surface area contributed by atoms with Gasteiger partial charge in [0.25, 0.3) is 5.91 Å². The number of amidine groups is 1. The number of nitrogens with zero attached hydrogens (tertiary/aromatic N) is 1. The van der Waals surface area contributed by atoms with Crippen molar-refractivity contribution < 1.29 is 27.9 Å². The number of benzene rings is 4. The van der Waals surface area contributed by atoms with E-state index in [0.29, 0.717) is 23.1 Å². The zero-order valence-corrected chi connectivity index (χ0v) is 20.8. The molecule has 0 bridgehead atoms. The number of nitrogens with two attached hydrogens (primary N) is 1. The van der Waals surface area contributed by atoms with Crippen molar-refractivity contribution in [1.82, 2.24) is 5.32 Å². The SMILES string of the molecule is CO[C@@H]1c2ccc(C(=O)NCc3ccc(C(N)=NO)cc3F)cc2Cc2cc(-c3ccc(F)cc3F)ccc21. The predicted octanol–water partition coefficient (Wildman–Crippen LogP) is 5.44. The Bertz CT molecular complexity index is 1620. The van der Waals surface area contributed by atoms with E-state index < -0.39 is 17.5 Å². The second-order valence-corrected chi connectivity index (χ2v) is 9.22. The first kappa shape index (κ1) is 26.0. The summed E-state index contributed by atoms with van der Waals surface area (Å²) in [5.41, 5.74) is 10.9. The van der Waals surface area contributed by atoms with E-state index >= 15 is 0 Å². The summed E-state index contributed by atoms with van der Waals surface area (Å²) >= 11 is 0. The van der Waals surface area contributed by atoms with Gasteiger partial charge in [0, 0.05) is 42.0 Å². The molecule has 1 atom stereocenters. The van der Waals surface area contributed by atoms with Crippen LogP contribution in [0.4, 0.5) is 13.2 Å². The minimum Gasteiger partial charge on any atom is -0.409 e. The fourth-order valence-corrected chi connectivity index (χ4v) is 4.87. The summed E-state index contributed by atoms with van der Waals surface area (Å²) in [5.74, 6) is -2.50. The molecule has 39 heavy (non-hydrogen) atoms. The quantitative estimate of drug-likeness (QED) is 0.134. The number of methoxy groups -OCH3 is 1. The van der Waals surface area contributed by atoms with Crippen LogP contribution >= 0.6 is 0 Å². The summed E-state index contributed by atoms with van der Waals surface area (Å²) in [6.07, 6.45) is 0.0992. The van der Waals surface area contributed by atoms with Gasteiger partial charge in [-0.2, -0.15) is 0 Å². The Kier molecular flexibility index (Phi) is 7.08. The van der Waals surface area contributed by atoms with E-state index in [0.717, 1.165) is 34.4 Å². The lowest BCUT2D eigenvalue weighted by molar-refractivity contribution is 0.0950. The van der Waals surface area contributed by atoms with Crippen molar-refractivity contribution in [3.05, 3.63) is 129 Å². The Hall–Kier alpha value is -4.63.